The van der Waals surface area contributed by atoms with Crippen LogP contribution in [0.4, 0.5) is 0 Å². The van der Waals surface area contributed by atoms with Gasteiger partial charge in [-0.05, 0) is 36.4 Å². The molecule has 6 nitrogen and oxygen atoms in total. The van der Waals surface area contributed by atoms with Gasteiger partial charge in [-0.3, -0.25) is 14.1 Å². The summed E-state index contributed by atoms with van der Waals surface area (Å²) in [5, 5.41) is 3.25. The van der Waals surface area contributed by atoms with E-state index in [1.54, 1.807) is 0 Å². The minimum Gasteiger partial charge on any atom is -0.294 e. The molecule has 0 radical (unpaired) electrons. The van der Waals surface area contributed by atoms with Crippen molar-refractivity contribution in [1.29, 1.82) is 0 Å². The van der Waals surface area contributed by atoms with Crippen molar-refractivity contribution in [1.82, 2.24) is 29.1 Å². The summed E-state index contributed by atoms with van der Waals surface area (Å²) in [5.41, 5.74) is 7.60. The van der Waals surface area contributed by atoms with Gasteiger partial charge in [-0.1, -0.05) is 66.7 Å². The van der Waals surface area contributed by atoms with E-state index in [-0.39, 0.29) is 0 Å². The normalized spacial score (nSPS) is 11.7. The molecule has 0 amide bonds. The maximum atomic E-state index is 5.32. The molecule has 0 spiro atoms. The van der Waals surface area contributed by atoms with Crippen molar-refractivity contribution >= 4 is 44.0 Å². The third-order valence-electron chi connectivity index (χ3n) is 7.07. The monoisotopic (exact) mass is 488 g/mol. The van der Waals surface area contributed by atoms with E-state index in [1.807, 2.05) is 61.1 Å². The van der Waals surface area contributed by atoms with Gasteiger partial charge in [0.25, 0.3) is 0 Å². The van der Waals surface area contributed by atoms with Crippen LogP contribution in [0.5, 0.6) is 0 Å². The highest BCUT2D eigenvalue weighted by molar-refractivity contribution is 6.15. The Balaban J connectivity index is 1.45. The van der Waals surface area contributed by atoms with Gasteiger partial charge in [0.2, 0.25) is 0 Å². The summed E-state index contributed by atoms with van der Waals surface area (Å²) in [6.07, 6.45) is 5.55. The molecule has 0 fully saturated rings. The number of para-hydroxylation sites is 2. The molecule has 0 aliphatic heterocycles. The van der Waals surface area contributed by atoms with Crippen LogP contribution in [0.3, 0.4) is 0 Å². The Bertz CT molecular complexity index is 2110. The second-order valence-electron chi connectivity index (χ2n) is 9.26. The van der Waals surface area contributed by atoms with Crippen LogP contribution in [-0.2, 0) is 0 Å². The van der Waals surface area contributed by atoms with E-state index in [9.17, 15) is 0 Å². The maximum absolute atomic E-state index is 5.32. The molecule has 5 heterocycles. The van der Waals surface area contributed by atoms with Crippen molar-refractivity contribution in [2.24, 2.45) is 0 Å². The van der Waals surface area contributed by atoms with Gasteiger partial charge in [0.15, 0.2) is 5.82 Å². The predicted octanol–water partition coefficient (Wildman–Crippen LogP) is 7.13. The molecule has 0 saturated carbocycles. The minimum atomic E-state index is 0.688. The average molecular weight is 489 g/mol. The summed E-state index contributed by atoms with van der Waals surface area (Å²) >= 11 is 0. The molecule has 5 aromatic heterocycles. The molecule has 6 heteroatoms. The first kappa shape index (κ1) is 20.8. The zero-order valence-corrected chi connectivity index (χ0v) is 20.2. The second kappa shape index (κ2) is 8.08. The molecule has 0 bridgehead atoms. The molecule has 8 rings (SSSR count). The second-order valence-corrected chi connectivity index (χ2v) is 9.26. The summed E-state index contributed by atoms with van der Waals surface area (Å²) in [7, 11) is 0. The highest BCUT2D eigenvalue weighted by atomic mass is 15.1. The molecule has 0 aliphatic rings. The standard InChI is InChI=1S/C32H20N6/c1-3-10-21(11-4-1)30-34-19-23(20-35-30)38-28-16-9-17-33-29(28)26-18-25-24-14-7-8-15-27(24)37(31(25)36-32(26)38)22-12-5-2-6-13-22/h1-20H. The van der Waals surface area contributed by atoms with Gasteiger partial charge < -0.3 is 0 Å². The van der Waals surface area contributed by atoms with Crippen molar-refractivity contribution in [2.45, 2.75) is 0 Å². The fourth-order valence-corrected chi connectivity index (χ4v) is 5.39. The summed E-state index contributed by atoms with van der Waals surface area (Å²) in [4.78, 5) is 19.5. The SMILES string of the molecule is c1ccc(-c2ncc(-n3c4cccnc4c4cc5c6ccccc6n(-c6ccccc6)c5nc43)cn2)cc1. The van der Waals surface area contributed by atoms with Gasteiger partial charge >= 0.3 is 0 Å². The molecular weight excluding hydrogens is 468 g/mol. The number of hydrogen-bond donors (Lipinski definition) is 0. The topological polar surface area (TPSA) is 61.4 Å². The van der Waals surface area contributed by atoms with Crippen LogP contribution >= 0.6 is 0 Å². The number of aromatic nitrogens is 6. The molecule has 178 valence electrons. The van der Waals surface area contributed by atoms with E-state index in [2.05, 4.69) is 69.8 Å². The van der Waals surface area contributed by atoms with Crippen molar-refractivity contribution in [3.8, 4) is 22.8 Å². The molecule has 0 unspecified atom stereocenters. The number of nitrogens with zero attached hydrogens (tertiary/aromatic N) is 6. The van der Waals surface area contributed by atoms with E-state index in [0.717, 1.165) is 60.9 Å². The Morgan fingerprint density at radius 1 is 0.500 bits per heavy atom. The van der Waals surface area contributed by atoms with E-state index < -0.39 is 0 Å². The maximum Gasteiger partial charge on any atom is 0.159 e. The minimum absolute atomic E-state index is 0.688. The van der Waals surface area contributed by atoms with Gasteiger partial charge in [-0.15, -0.1) is 0 Å². The lowest BCUT2D eigenvalue weighted by Crippen LogP contribution is -2.00. The first-order valence-electron chi connectivity index (χ1n) is 12.5. The van der Waals surface area contributed by atoms with Crippen molar-refractivity contribution in [3.05, 3.63) is 122 Å². The van der Waals surface area contributed by atoms with Crippen LogP contribution in [0.15, 0.2) is 122 Å². The largest absolute Gasteiger partial charge is 0.294 e. The Morgan fingerprint density at radius 2 is 1.16 bits per heavy atom. The molecule has 0 N–H and O–H groups in total. The Kier molecular flexibility index (Phi) is 4.42. The number of rotatable bonds is 3. The van der Waals surface area contributed by atoms with Gasteiger partial charge in [0, 0.05) is 33.6 Å². The Labute approximate surface area is 217 Å². The van der Waals surface area contributed by atoms with Crippen molar-refractivity contribution in [3.63, 3.8) is 0 Å². The highest BCUT2D eigenvalue weighted by Crippen LogP contribution is 2.36. The Hall–Kier alpha value is -5.36. The lowest BCUT2D eigenvalue weighted by atomic mass is 10.1. The number of fused-ring (bicyclic) bond motifs is 6. The van der Waals surface area contributed by atoms with E-state index >= 15 is 0 Å². The predicted molar refractivity (Wildman–Crippen MR) is 152 cm³/mol. The molecule has 0 saturated heterocycles. The van der Waals surface area contributed by atoms with Gasteiger partial charge in [-0.2, -0.15) is 0 Å². The van der Waals surface area contributed by atoms with Crippen molar-refractivity contribution < 1.29 is 0 Å². The van der Waals surface area contributed by atoms with Gasteiger partial charge in [0.1, 0.15) is 11.3 Å². The zero-order chi connectivity index (χ0) is 25.1. The van der Waals surface area contributed by atoms with Crippen LogP contribution in [0.2, 0.25) is 0 Å². The highest BCUT2D eigenvalue weighted by Gasteiger charge is 2.20. The lowest BCUT2D eigenvalue weighted by Gasteiger charge is -2.09. The van der Waals surface area contributed by atoms with E-state index in [4.69, 9.17) is 19.9 Å². The number of benzene rings is 3. The fraction of sp³-hybridized carbons (Fsp3) is 0. The van der Waals surface area contributed by atoms with E-state index in [0.29, 0.717) is 5.82 Å². The third-order valence-corrected chi connectivity index (χ3v) is 7.07. The first-order valence-corrected chi connectivity index (χ1v) is 12.5. The van der Waals surface area contributed by atoms with E-state index in [1.165, 1.54) is 0 Å². The van der Waals surface area contributed by atoms with Gasteiger partial charge in [-0.25, -0.2) is 15.0 Å². The summed E-state index contributed by atoms with van der Waals surface area (Å²) in [6.45, 7) is 0. The third kappa shape index (κ3) is 3.01. The molecule has 8 aromatic rings. The molecule has 38 heavy (non-hydrogen) atoms. The fourth-order valence-electron chi connectivity index (χ4n) is 5.39. The molecule has 0 aliphatic carbocycles. The van der Waals surface area contributed by atoms with Crippen LogP contribution in [0.1, 0.15) is 0 Å². The van der Waals surface area contributed by atoms with Crippen molar-refractivity contribution in [2.75, 3.05) is 0 Å². The molecular formula is C32H20N6. The zero-order valence-electron chi connectivity index (χ0n) is 20.2. The van der Waals surface area contributed by atoms with Crippen LogP contribution in [0.25, 0.3) is 66.8 Å². The summed E-state index contributed by atoms with van der Waals surface area (Å²) in [6, 6.07) is 35.1. The Morgan fingerprint density at radius 3 is 1.97 bits per heavy atom. The molecule has 0 atom stereocenters. The van der Waals surface area contributed by atoms with Crippen LogP contribution < -0.4 is 0 Å². The number of pyridine rings is 2. The number of hydrogen-bond acceptors (Lipinski definition) is 4. The summed E-state index contributed by atoms with van der Waals surface area (Å²) in [5.74, 6) is 0.688. The smallest absolute Gasteiger partial charge is 0.159 e. The first-order chi connectivity index (χ1) is 18.9. The lowest BCUT2D eigenvalue weighted by molar-refractivity contribution is 1.06. The molecule has 3 aromatic carbocycles. The average Bonchev–Trinajstić information content (AvgIpc) is 3.49. The summed E-state index contributed by atoms with van der Waals surface area (Å²) < 4.78 is 4.34. The van der Waals surface area contributed by atoms with Gasteiger partial charge in [0.05, 0.1) is 34.6 Å². The van der Waals surface area contributed by atoms with Crippen LogP contribution in [0, 0.1) is 0 Å². The quantitative estimate of drug-likeness (QED) is 0.265. The van der Waals surface area contributed by atoms with Crippen LogP contribution in [-0.4, -0.2) is 29.1 Å².